The minimum Gasteiger partial charge on any atom is -0.504 e. The standard InChI is InChI=1S/C15H17N3O4S/c1-16-23(21,22)12-7-4-11(5-8-12)6-9-14(20)18-15-13(19)3-2-10-17-15/h2-5,7-8,10,16,19H,6,9H2,1H3,(H,17,18,20). The Hall–Kier alpha value is -2.45. The minimum absolute atomic E-state index is 0.0949. The summed E-state index contributed by atoms with van der Waals surface area (Å²) in [6, 6.07) is 9.30. The molecular formula is C15H17N3O4S. The number of nitrogens with zero attached hydrogens (tertiary/aromatic N) is 1. The van der Waals surface area contributed by atoms with Crippen molar-refractivity contribution in [2.24, 2.45) is 0 Å². The van der Waals surface area contributed by atoms with E-state index in [9.17, 15) is 18.3 Å². The number of aryl methyl sites for hydroxylation is 1. The molecule has 7 nitrogen and oxygen atoms in total. The van der Waals surface area contributed by atoms with Crippen molar-refractivity contribution in [3.63, 3.8) is 0 Å². The number of hydrogen-bond acceptors (Lipinski definition) is 5. The van der Waals surface area contributed by atoms with E-state index in [0.29, 0.717) is 6.42 Å². The third-order valence-corrected chi connectivity index (χ3v) is 4.62. The number of aromatic nitrogens is 1. The van der Waals surface area contributed by atoms with Gasteiger partial charge in [-0.3, -0.25) is 4.79 Å². The van der Waals surface area contributed by atoms with Crippen LogP contribution in [0.1, 0.15) is 12.0 Å². The van der Waals surface area contributed by atoms with Gasteiger partial charge in [-0.25, -0.2) is 18.1 Å². The summed E-state index contributed by atoms with van der Waals surface area (Å²) in [7, 11) is -2.11. The first-order valence-electron chi connectivity index (χ1n) is 6.88. The second-order valence-electron chi connectivity index (χ2n) is 4.77. The van der Waals surface area contributed by atoms with Gasteiger partial charge < -0.3 is 10.4 Å². The summed E-state index contributed by atoms with van der Waals surface area (Å²) in [6.07, 6.45) is 2.10. The molecule has 0 aliphatic carbocycles. The molecule has 0 aliphatic rings. The highest BCUT2D eigenvalue weighted by Crippen LogP contribution is 2.18. The normalized spacial score (nSPS) is 11.2. The largest absolute Gasteiger partial charge is 0.504 e. The fourth-order valence-electron chi connectivity index (χ4n) is 1.90. The molecule has 0 saturated carbocycles. The summed E-state index contributed by atoms with van der Waals surface area (Å²) in [5, 5.41) is 12.1. The van der Waals surface area contributed by atoms with E-state index in [4.69, 9.17) is 0 Å². The first-order valence-corrected chi connectivity index (χ1v) is 8.37. The Morgan fingerprint density at radius 3 is 2.52 bits per heavy atom. The molecular weight excluding hydrogens is 318 g/mol. The summed E-state index contributed by atoms with van der Waals surface area (Å²) in [5.41, 5.74) is 0.834. The van der Waals surface area contributed by atoms with E-state index in [-0.39, 0.29) is 28.8 Å². The summed E-state index contributed by atoms with van der Waals surface area (Å²) < 4.78 is 25.5. The Labute approximate surface area is 134 Å². The smallest absolute Gasteiger partial charge is 0.240 e. The second kappa shape index (κ2) is 7.21. The molecule has 3 N–H and O–H groups in total. The topological polar surface area (TPSA) is 108 Å². The molecule has 0 aliphatic heterocycles. The lowest BCUT2D eigenvalue weighted by atomic mass is 10.1. The zero-order valence-electron chi connectivity index (χ0n) is 12.5. The monoisotopic (exact) mass is 335 g/mol. The van der Waals surface area contributed by atoms with Crippen LogP contribution in [0.4, 0.5) is 5.82 Å². The van der Waals surface area contributed by atoms with Crippen LogP contribution in [0, 0.1) is 0 Å². The number of benzene rings is 1. The van der Waals surface area contributed by atoms with Crippen LogP contribution in [0.3, 0.4) is 0 Å². The van der Waals surface area contributed by atoms with Gasteiger partial charge >= 0.3 is 0 Å². The maximum Gasteiger partial charge on any atom is 0.240 e. The lowest BCUT2D eigenvalue weighted by Crippen LogP contribution is -2.18. The first-order chi connectivity index (χ1) is 10.9. The van der Waals surface area contributed by atoms with Crippen LogP contribution in [0.25, 0.3) is 0 Å². The van der Waals surface area contributed by atoms with Crippen LogP contribution in [-0.4, -0.2) is 31.5 Å². The van der Waals surface area contributed by atoms with Crippen molar-refractivity contribution in [1.82, 2.24) is 9.71 Å². The van der Waals surface area contributed by atoms with E-state index in [1.807, 2.05) is 0 Å². The van der Waals surface area contributed by atoms with Gasteiger partial charge in [0.2, 0.25) is 15.9 Å². The summed E-state index contributed by atoms with van der Waals surface area (Å²) in [5.74, 6) is -0.263. The Morgan fingerprint density at radius 2 is 1.91 bits per heavy atom. The predicted molar refractivity (Wildman–Crippen MR) is 85.5 cm³/mol. The molecule has 0 unspecified atom stereocenters. The number of carbonyl (C=O) groups excluding carboxylic acids is 1. The van der Waals surface area contributed by atoms with Crippen molar-refractivity contribution in [1.29, 1.82) is 0 Å². The average Bonchev–Trinajstić information content (AvgIpc) is 2.55. The molecule has 0 bridgehead atoms. The fraction of sp³-hybridized carbons (Fsp3) is 0.200. The van der Waals surface area contributed by atoms with Gasteiger partial charge in [-0.1, -0.05) is 12.1 Å². The second-order valence-corrected chi connectivity index (χ2v) is 6.66. The van der Waals surface area contributed by atoms with Crippen molar-refractivity contribution >= 4 is 21.7 Å². The van der Waals surface area contributed by atoms with Crippen molar-refractivity contribution in [3.8, 4) is 5.75 Å². The van der Waals surface area contributed by atoms with E-state index in [1.54, 1.807) is 18.2 Å². The van der Waals surface area contributed by atoms with Crippen molar-refractivity contribution in [2.75, 3.05) is 12.4 Å². The lowest BCUT2D eigenvalue weighted by molar-refractivity contribution is -0.116. The van der Waals surface area contributed by atoms with E-state index in [0.717, 1.165) is 5.56 Å². The van der Waals surface area contributed by atoms with Gasteiger partial charge in [0.1, 0.15) is 0 Å². The Balaban J connectivity index is 1.93. The molecule has 23 heavy (non-hydrogen) atoms. The zero-order chi connectivity index (χ0) is 16.9. The van der Waals surface area contributed by atoms with Gasteiger partial charge in [0, 0.05) is 12.6 Å². The van der Waals surface area contributed by atoms with Crippen LogP contribution < -0.4 is 10.0 Å². The predicted octanol–water partition coefficient (Wildman–Crippen LogP) is 1.27. The van der Waals surface area contributed by atoms with Gasteiger partial charge in [-0.05, 0) is 43.3 Å². The third-order valence-electron chi connectivity index (χ3n) is 3.19. The highest BCUT2D eigenvalue weighted by Gasteiger charge is 2.11. The highest BCUT2D eigenvalue weighted by molar-refractivity contribution is 7.89. The Bertz CT molecular complexity index is 789. The molecule has 2 rings (SSSR count). The zero-order valence-corrected chi connectivity index (χ0v) is 13.3. The number of aromatic hydroxyl groups is 1. The number of pyridine rings is 1. The van der Waals surface area contributed by atoms with Crippen LogP contribution in [0.15, 0.2) is 47.5 Å². The van der Waals surface area contributed by atoms with Crippen LogP contribution in [0.2, 0.25) is 0 Å². The van der Waals surface area contributed by atoms with Gasteiger partial charge in [0.05, 0.1) is 4.90 Å². The first kappa shape index (κ1) is 16.9. The number of nitrogens with one attached hydrogen (secondary N) is 2. The number of anilines is 1. The van der Waals surface area contributed by atoms with Crippen molar-refractivity contribution in [2.45, 2.75) is 17.7 Å². The number of carbonyl (C=O) groups is 1. The van der Waals surface area contributed by atoms with Crippen molar-refractivity contribution < 1.29 is 18.3 Å². The molecule has 0 radical (unpaired) electrons. The van der Waals surface area contributed by atoms with Gasteiger partial charge in [0.15, 0.2) is 11.6 Å². The SMILES string of the molecule is CNS(=O)(=O)c1ccc(CCC(=O)Nc2ncccc2O)cc1. The summed E-state index contributed by atoms with van der Waals surface area (Å²) >= 11 is 0. The fourth-order valence-corrected chi connectivity index (χ4v) is 2.63. The molecule has 2 aromatic rings. The molecule has 1 heterocycles. The van der Waals surface area contributed by atoms with Gasteiger partial charge in [0.25, 0.3) is 0 Å². The van der Waals surface area contributed by atoms with E-state index in [2.05, 4.69) is 15.0 Å². The molecule has 0 atom stereocenters. The summed E-state index contributed by atoms with van der Waals surface area (Å²) in [6.45, 7) is 0. The van der Waals surface area contributed by atoms with Crippen LogP contribution in [-0.2, 0) is 21.2 Å². The molecule has 1 amide bonds. The Kier molecular flexibility index (Phi) is 5.30. The molecule has 1 aromatic carbocycles. The van der Waals surface area contributed by atoms with E-state index >= 15 is 0 Å². The molecule has 8 heteroatoms. The number of amides is 1. The molecule has 122 valence electrons. The van der Waals surface area contributed by atoms with E-state index < -0.39 is 10.0 Å². The number of rotatable bonds is 6. The summed E-state index contributed by atoms with van der Waals surface area (Å²) in [4.78, 5) is 15.9. The highest BCUT2D eigenvalue weighted by atomic mass is 32.2. The quantitative estimate of drug-likeness (QED) is 0.736. The maximum atomic E-state index is 11.8. The molecule has 1 aromatic heterocycles. The molecule has 0 spiro atoms. The molecule has 0 saturated heterocycles. The lowest BCUT2D eigenvalue weighted by Gasteiger charge is -2.07. The average molecular weight is 335 g/mol. The third kappa shape index (κ3) is 4.51. The number of hydrogen-bond donors (Lipinski definition) is 3. The molecule has 0 fully saturated rings. The van der Waals surface area contributed by atoms with Gasteiger partial charge in [-0.15, -0.1) is 0 Å². The van der Waals surface area contributed by atoms with Crippen LogP contribution in [0.5, 0.6) is 5.75 Å². The number of sulfonamides is 1. The van der Waals surface area contributed by atoms with Gasteiger partial charge in [-0.2, -0.15) is 0 Å². The minimum atomic E-state index is -3.46. The van der Waals surface area contributed by atoms with Crippen LogP contribution >= 0.6 is 0 Å². The van der Waals surface area contributed by atoms with E-state index in [1.165, 1.54) is 31.4 Å². The maximum absolute atomic E-state index is 11.8. The van der Waals surface area contributed by atoms with Crippen molar-refractivity contribution in [3.05, 3.63) is 48.2 Å². The Morgan fingerprint density at radius 1 is 1.22 bits per heavy atom.